The second-order valence-electron chi connectivity index (χ2n) is 4.96. The molecule has 2 aromatic rings. The summed E-state index contributed by atoms with van der Waals surface area (Å²) in [6.07, 6.45) is 1.68. The summed E-state index contributed by atoms with van der Waals surface area (Å²) in [6, 6.07) is 17.5. The molecule has 0 N–H and O–H groups in total. The van der Waals surface area contributed by atoms with Crippen molar-refractivity contribution in [3.05, 3.63) is 59.7 Å². The van der Waals surface area contributed by atoms with E-state index in [-0.39, 0.29) is 0 Å². The number of benzene rings is 2. The SMILES string of the molecule is c1ccc(-c2ccc3cc2C3CC2CO2)cc1. The minimum absolute atomic E-state index is 0.516. The summed E-state index contributed by atoms with van der Waals surface area (Å²) in [5.74, 6) is 0.628. The summed E-state index contributed by atoms with van der Waals surface area (Å²) in [5.41, 5.74) is 5.71. The first kappa shape index (κ1) is 9.43. The molecule has 1 aliphatic heterocycles. The van der Waals surface area contributed by atoms with Gasteiger partial charge in [0.25, 0.3) is 0 Å². The summed E-state index contributed by atoms with van der Waals surface area (Å²) in [5, 5.41) is 0. The average molecular weight is 222 g/mol. The number of hydrogen-bond donors (Lipinski definition) is 0. The van der Waals surface area contributed by atoms with Crippen LogP contribution in [0.5, 0.6) is 0 Å². The van der Waals surface area contributed by atoms with Crippen LogP contribution in [-0.2, 0) is 4.74 Å². The molecule has 1 heteroatoms. The zero-order valence-corrected chi connectivity index (χ0v) is 9.60. The van der Waals surface area contributed by atoms with Gasteiger partial charge >= 0.3 is 0 Å². The van der Waals surface area contributed by atoms with Crippen LogP contribution in [0.2, 0.25) is 0 Å². The van der Waals surface area contributed by atoms with Crippen LogP contribution in [0.1, 0.15) is 23.5 Å². The van der Waals surface area contributed by atoms with Gasteiger partial charge in [0.1, 0.15) is 0 Å². The topological polar surface area (TPSA) is 12.5 Å². The van der Waals surface area contributed by atoms with Crippen LogP contribution in [0.25, 0.3) is 11.1 Å². The number of epoxide rings is 1. The minimum Gasteiger partial charge on any atom is -0.373 e. The lowest BCUT2D eigenvalue weighted by atomic mass is 9.74. The lowest BCUT2D eigenvalue weighted by molar-refractivity contribution is 0.386. The van der Waals surface area contributed by atoms with E-state index in [4.69, 9.17) is 4.74 Å². The zero-order chi connectivity index (χ0) is 11.2. The van der Waals surface area contributed by atoms with Crippen molar-refractivity contribution in [2.24, 2.45) is 0 Å². The summed E-state index contributed by atoms with van der Waals surface area (Å²) < 4.78 is 5.35. The highest BCUT2D eigenvalue weighted by atomic mass is 16.6. The molecule has 0 spiro atoms. The van der Waals surface area contributed by atoms with E-state index >= 15 is 0 Å². The van der Waals surface area contributed by atoms with Crippen molar-refractivity contribution in [1.29, 1.82) is 0 Å². The molecule has 1 nitrogen and oxygen atoms in total. The Hall–Kier alpha value is -1.60. The van der Waals surface area contributed by atoms with E-state index < -0.39 is 0 Å². The molecule has 2 unspecified atom stereocenters. The fourth-order valence-electron chi connectivity index (χ4n) is 2.78. The molecule has 3 aliphatic rings. The fourth-order valence-corrected chi connectivity index (χ4v) is 2.78. The first-order valence-corrected chi connectivity index (χ1v) is 6.23. The number of hydrogen-bond acceptors (Lipinski definition) is 1. The highest BCUT2D eigenvalue weighted by Crippen LogP contribution is 2.46. The first-order valence-electron chi connectivity index (χ1n) is 6.23. The van der Waals surface area contributed by atoms with Crippen molar-refractivity contribution in [3.8, 4) is 11.1 Å². The summed E-state index contributed by atoms with van der Waals surface area (Å²) in [6.45, 7) is 0.960. The van der Waals surface area contributed by atoms with E-state index in [0.717, 1.165) is 6.61 Å². The smallest absolute Gasteiger partial charge is 0.0819 e. The van der Waals surface area contributed by atoms with Crippen molar-refractivity contribution in [3.63, 3.8) is 0 Å². The summed E-state index contributed by atoms with van der Waals surface area (Å²) in [4.78, 5) is 0. The number of rotatable bonds is 3. The van der Waals surface area contributed by atoms with Crippen LogP contribution in [-0.4, -0.2) is 12.7 Å². The molecular formula is C16H14O. The van der Waals surface area contributed by atoms with E-state index in [0.29, 0.717) is 12.0 Å². The van der Waals surface area contributed by atoms with Crippen molar-refractivity contribution >= 4 is 0 Å². The predicted octanol–water partition coefficient (Wildman–Crippen LogP) is 3.59. The molecule has 0 aromatic heterocycles. The highest BCUT2D eigenvalue weighted by molar-refractivity contribution is 5.73. The quantitative estimate of drug-likeness (QED) is 0.723. The molecule has 2 bridgehead atoms. The van der Waals surface area contributed by atoms with Gasteiger partial charge < -0.3 is 4.74 Å². The van der Waals surface area contributed by atoms with Crippen molar-refractivity contribution < 1.29 is 4.74 Å². The van der Waals surface area contributed by atoms with Gasteiger partial charge in [0.05, 0.1) is 12.7 Å². The predicted molar refractivity (Wildman–Crippen MR) is 68.1 cm³/mol. The Bertz CT molecular complexity index is 551. The van der Waals surface area contributed by atoms with Crippen molar-refractivity contribution in [1.82, 2.24) is 0 Å². The van der Waals surface area contributed by atoms with Gasteiger partial charge in [0.2, 0.25) is 0 Å². The van der Waals surface area contributed by atoms with Gasteiger partial charge in [-0.25, -0.2) is 0 Å². The largest absolute Gasteiger partial charge is 0.373 e. The molecule has 2 aromatic carbocycles. The lowest BCUT2D eigenvalue weighted by Crippen LogP contribution is -2.15. The van der Waals surface area contributed by atoms with Gasteiger partial charge in [0, 0.05) is 5.92 Å². The van der Waals surface area contributed by atoms with Gasteiger partial charge in [0.15, 0.2) is 0 Å². The third kappa shape index (κ3) is 1.50. The molecule has 1 fully saturated rings. The second kappa shape index (κ2) is 3.44. The molecule has 0 radical (unpaired) electrons. The molecule has 1 saturated heterocycles. The summed E-state index contributed by atoms with van der Waals surface area (Å²) in [7, 11) is 0. The molecule has 5 rings (SSSR count). The maximum atomic E-state index is 5.35. The zero-order valence-electron chi connectivity index (χ0n) is 9.60. The minimum atomic E-state index is 0.516. The third-order valence-corrected chi connectivity index (χ3v) is 3.84. The van der Waals surface area contributed by atoms with Crippen molar-refractivity contribution in [2.45, 2.75) is 18.4 Å². The van der Waals surface area contributed by atoms with Crippen molar-refractivity contribution in [2.75, 3.05) is 6.61 Å². The van der Waals surface area contributed by atoms with Gasteiger partial charge in [-0.2, -0.15) is 0 Å². The van der Waals surface area contributed by atoms with E-state index in [9.17, 15) is 0 Å². The fraction of sp³-hybridized carbons (Fsp3) is 0.250. The lowest BCUT2D eigenvalue weighted by Gasteiger charge is -2.30. The number of ether oxygens (including phenoxy) is 1. The number of fused-ring (bicyclic) bond motifs is 2. The Morgan fingerprint density at radius 1 is 1.06 bits per heavy atom. The van der Waals surface area contributed by atoms with Gasteiger partial charge in [-0.05, 0) is 28.7 Å². The third-order valence-electron chi connectivity index (χ3n) is 3.84. The maximum absolute atomic E-state index is 5.35. The highest BCUT2D eigenvalue weighted by Gasteiger charge is 2.34. The Morgan fingerprint density at radius 2 is 1.88 bits per heavy atom. The van der Waals surface area contributed by atoms with Crippen LogP contribution in [0.15, 0.2) is 48.5 Å². The van der Waals surface area contributed by atoms with Crippen LogP contribution in [0, 0.1) is 0 Å². The van der Waals surface area contributed by atoms with Crippen LogP contribution >= 0.6 is 0 Å². The Kier molecular flexibility index (Phi) is 1.91. The van der Waals surface area contributed by atoms with Crippen LogP contribution in [0.3, 0.4) is 0 Å². The van der Waals surface area contributed by atoms with Gasteiger partial charge in [-0.15, -0.1) is 0 Å². The van der Waals surface area contributed by atoms with E-state index in [2.05, 4.69) is 48.5 Å². The van der Waals surface area contributed by atoms with Crippen LogP contribution < -0.4 is 0 Å². The molecule has 84 valence electrons. The Labute approximate surface area is 101 Å². The van der Waals surface area contributed by atoms with Crippen LogP contribution in [0.4, 0.5) is 0 Å². The molecule has 0 amide bonds. The molecule has 2 aliphatic carbocycles. The molecule has 17 heavy (non-hydrogen) atoms. The molecular weight excluding hydrogens is 208 g/mol. The normalized spacial score (nSPS) is 24.2. The van der Waals surface area contributed by atoms with E-state index in [1.807, 2.05) is 0 Å². The second-order valence-corrected chi connectivity index (χ2v) is 4.96. The molecule has 2 atom stereocenters. The molecule has 1 heterocycles. The monoisotopic (exact) mass is 222 g/mol. The molecule has 0 saturated carbocycles. The maximum Gasteiger partial charge on any atom is 0.0819 e. The Morgan fingerprint density at radius 3 is 2.59 bits per heavy atom. The average Bonchev–Trinajstić information content (AvgIpc) is 3.21. The first-order chi connectivity index (χ1) is 8.42. The Balaban J connectivity index is 1.71. The van der Waals surface area contributed by atoms with E-state index in [1.54, 1.807) is 0 Å². The van der Waals surface area contributed by atoms with Gasteiger partial charge in [-0.1, -0.05) is 48.5 Å². The van der Waals surface area contributed by atoms with E-state index in [1.165, 1.54) is 28.7 Å². The van der Waals surface area contributed by atoms with Gasteiger partial charge in [-0.3, -0.25) is 0 Å². The summed E-state index contributed by atoms with van der Waals surface area (Å²) >= 11 is 0. The standard InChI is InChI=1S/C16H14O/c1-2-4-11(5-3-1)14-7-6-12-8-16(14)15(12)9-13-10-17-13/h1-8,13,15H,9-10H2.